The predicted molar refractivity (Wildman–Crippen MR) is 88.3 cm³/mol. The van der Waals surface area contributed by atoms with Crippen molar-refractivity contribution in [2.45, 2.75) is 12.5 Å². The van der Waals surface area contributed by atoms with Crippen LogP contribution in [0.1, 0.15) is 23.7 Å². The zero-order chi connectivity index (χ0) is 16.5. The number of carbonyl (C=O) groups is 1. The van der Waals surface area contributed by atoms with Crippen LogP contribution in [-0.4, -0.2) is 26.1 Å². The summed E-state index contributed by atoms with van der Waals surface area (Å²) in [7, 11) is 0. The molecule has 0 radical (unpaired) electrons. The quantitative estimate of drug-likeness (QED) is 0.356. The number of hydroxylamine groups is 1. The summed E-state index contributed by atoms with van der Waals surface area (Å²) in [4.78, 5) is 11.0. The van der Waals surface area contributed by atoms with Gasteiger partial charge in [-0.25, -0.2) is 10.2 Å². The van der Waals surface area contributed by atoms with Gasteiger partial charge in [-0.2, -0.15) is 0 Å². The highest BCUT2D eigenvalue weighted by molar-refractivity contribution is 5.90. The van der Waals surface area contributed by atoms with Crippen LogP contribution in [0, 0.1) is 0 Å². The van der Waals surface area contributed by atoms with Crippen LogP contribution in [0.4, 0.5) is 0 Å². The number of nitrogens with one attached hydrogen (secondary N) is 1. The number of allylic oxidation sites excluding steroid dienone is 2. The first-order valence-electron chi connectivity index (χ1n) is 7.11. The standard InChI is InChI=1S/C17H18N4O2/c1-2-6-16(11-9-14-7-4-3-5-8-14)21-13-15(18-20-21)10-12-17(22)19-23/h2-5,7-13,16,23H,1,6H2,(H,19,22)/b11-9+,12-10+. The maximum absolute atomic E-state index is 11.0. The first-order chi connectivity index (χ1) is 11.2. The molecule has 0 aliphatic heterocycles. The van der Waals surface area contributed by atoms with Crippen molar-refractivity contribution in [2.24, 2.45) is 0 Å². The van der Waals surface area contributed by atoms with Gasteiger partial charge in [0, 0.05) is 6.08 Å². The second-order valence-electron chi connectivity index (χ2n) is 4.79. The molecule has 6 heteroatoms. The highest BCUT2D eigenvalue weighted by Crippen LogP contribution is 2.15. The van der Waals surface area contributed by atoms with Gasteiger partial charge in [-0.05, 0) is 18.1 Å². The van der Waals surface area contributed by atoms with Crippen molar-refractivity contribution in [3.05, 3.63) is 72.6 Å². The van der Waals surface area contributed by atoms with Crippen molar-refractivity contribution in [2.75, 3.05) is 0 Å². The summed E-state index contributed by atoms with van der Waals surface area (Å²) < 4.78 is 1.71. The molecule has 0 fully saturated rings. The Morgan fingerprint density at radius 3 is 2.83 bits per heavy atom. The van der Waals surface area contributed by atoms with E-state index in [-0.39, 0.29) is 6.04 Å². The molecule has 1 atom stereocenters. The molecule has 118 valence electrons. The van der Waals surface area contributed by atoms with Gasteiger partial charge in [0.1, 0.15) is 5.69 Å². The molecule has 2 N–H and O–H groups in total. The first-order valence-corrected chi connectivity index (χ1v) is 7.11. The Kier molecular flexibility index (Phi) is 6.02. The van der Waals surface area contributed by atoms with Gasteiger partial charge in [-0.15, -0.1) is 11.7 Å². The van der Waals surface area contributed by atoms with Crippen LogP contribution in [0.3, 0.4) is 0 Å². The topological polar surface area (TPSA) is 80.0 Å². The number of aromatic nitrogens is 3. The molecule has 0 bridgehead atoms. The van der Waals surface area contributed by atoms with E-state index in [9.17, 15) is 4.79 Å². The van der Waals surface area contributed by atoms with Gasteiger partial charge >= 0.3 is 0 Å². The van der Waals surface area contributed by atoms with Crippen LogP contribution in [0.5, 0.6) is 0 Å². The molecule has 2 aromatic rings. The van der Waals surface area contributed by atoms with E-state index in [2.05, 4.69) is 16.9 Å². The molecule has 0 aliphatic rings. The summed E-state index contributed by atoms with van der Waals surface area (Å²) in [5.74, 6) is -0.619. The number of carbonyl (C=O) groups excluding carboxylic acids is 1. The lowest BCUT2D eigenvalue weighted by Gasteiger charge is -2.09. The van der Waals surface area contributed by atoms with Crippen LogP contribution in [0.25, 0.3) is 12.2 Å². The number of amides is 1. The van der Waals surface area contributed by atoms with Gasteiger partial charge in [0.25, 0.3) is 5.91 Å². The molecule has 2 rings (SSSR count). The molecule has 0 saturated carbocycles. The van der Waals surface area contributed by atoms with E-state index in [1.54, 1.807) is 10.9 Å². The molecule has 1 amide bonds. The zero-order valence-electron chi connectivity index (χ0n) is 12.5. The van der Waals surface area contributed by atoms with Crippen molar-refractivity contribution in [1.29, 1.82) is 0 Å². The Morgan fingerprint density at radius 1 is 1.35 bits per heavy atom. The highest BCUT2D eigenvalue weighted by Gasteiger charge is 2.08. The van der Waals surface area contributed by atoms with E-state index in [1.807, 2.05) is 48.6 Å². The lowest BCUT2D eigenvalue weighted by Crippen LogP contribution is -2.14. The number of benzene rings is 1. The summed E-state index contributed by atoms with van der Waals surface area (Å²) in [5, 5.41) is 16.5. The van der Waals surface area contributed by atoms with E-state index in [4.69, 9.17) is 5.21 Å². The van der Waals surface area contributed by atoms with Crippen LogP contribution >= 0.6 is 0 Å². The fraction of sp³-hybridized carbons (Fsp3) is 0.118. The van der Waals surface area contributed by atoms with Crippen molar-refractivity contribution < 1.29 is 10.0 Å². The third kappa shape index (κ3) is 5.05. The summed E-state index contributed by atoms with van der Waals surface area (Å²) in [6, 6.07) is 9.94. The van der Waals surface area contributed by atoms with Crippen molar-refractivity contribution in [3.8, 4) is 0 Å². The number of hydrogen-bond donors (Lipinski definition) is 2. The van der Waals surface area contributed by atoms with Gasteiger partial charge < -0.3 is 0 Å². The highest BCUT2D eigenvalue weighted by atomic mass is 16.5. The number of hydrogen-bond acceptors (Lipinski definition) is 4. The summed E-state index contributed by atoms with van der Waals surface area (Å²) >= 11 is 0. The number of nitrogens with zero attached hydrogens (tertiary/aromatic N) is 3. The smallest absolute Gasteiger partial charge is 0.267 e. The van der Waals surface area contributed by atoms with Crippen LogP contribution in [0.2, 0.25) is 0 Å². The Bertz CT molecular complexity index is 704. The molecule has 1 unspecified atom stereocenters. The molecule has 6 nitrogen and oxygen atoms in total. The predicted octanol–water partition coefficient (Wildman–Crippen LogP) is 2.63. The molecule has 0 aliphatic carbocycles. The zero-order valence-corrected chi connectivity index (χ0v) is 12.5. The van der Waals surface area contributed by atoms with Crippen LogP contribution in [0.15, 0.2) is 61.3 Å². The molecule has 0 saturated heterocycles. The van der Waals surface area contributed by atoms with Crippen molar-refractivity contribution >= 4 is 18.1 Å². The van der Waals surface area contributed by atoms with E-state index in [0.717, 1.165) is 5.56 Å². The second kappa shape index (κ2) is 8.45. The average Bonchev–Trinajstić information content (AvgIpc) is 3.06. The first kappa shape index (κ1) is 16.4. The van der Waals surface area contributed by atoms with Crippen LogP contribution in [-0.2, 0) is 4.79 Å². The molecule has 1 aromatic carbocycles. The molecule has 0 spiro atoms. The van der Waals surface area contributed by atoms with Gasteiger partial charge in [-0.1, -0.05) is 53.8 Å². The summed E-state index contributed by atoms with van der Waals surface area (Å²) in [6.45, 7) is 3.77. The Hall–Kier alpha value is -2.99. The number of rotatable bonds is 7. The van der Waals surface area contributed by atoms with Crippen molar-refractivity contribution in [1.82, 2.24) is 20.5 Å². The molecule has 1 heterocycles. The molecule has 1 aromatic heterocycles. The van der Waals surface area contributed by atoms with Crippen molar-refractivity contribution in [3.63, 3.8) is 0 Å². The van der Waals surface area contributed by atoms with E-state index < -0.39 is 5.91 Å². The molecule has 23 heavy (non-hydrogen) atoms. The van der Waals surface area contributed by atoms with E-state index in [1.165, 1.54) is 17.6 Å². The average molecular weight is 310 g/mol. The molecular weight excluding hydrogens is 292 g/mol. The minimum Gasteiger partial charge on any atom is -0.288 e. The Balaban J connectivity index is 2.13. The van der Waals surface area contributed by atoms with Gasteiger partial charge in [0.05, 0.1) is 12.2 Å². The fourth-order valence-electron chi connectivity index (χ4n) is 1.96. The minimum absolute atomic E-state index is 0.0194. The normalized spacial score (nSPS) is 12.6. The molecular formula is C17H18N4O2. The second-order valence-corrected chi connectivity index (χ2v) is 4.79. The largest absolute Gasteiger partial charge is 0.288 e. The van der Waals surface area contributed by atoms with Gasteiger partial charge in [0.2, 0.25) is 0 Å². The van der Waals surface area contributed by atoms with Crippen LogP contribution < -0.4 is 5.48 Å². The monoisotopic (exact) mass is 310 g/mol. The van der Waals surface area contributed by atoms with Gasteiger partial charge in [-0.3, -0.25) is 10.0 Å². The third-order valence-corrected chi connectivity index (χ3v) is 3.10. The lowest BCUT2D eigenvalue weighted by atomic mass is 10.1. The van der Waals surface area contributed by atoms with Gasteiger partial charge in [0.15, 0.2) is 0 Å². The SMILES string of the molecule is C=CCC(/C=C/c1ccccc1)n1cc(/C=C/C(=O)NO)nn1. The summed E-state index contributed by atoms with van der Waals surface area (Å²) in [6.07, 6.45) is 10.9. The maximum Gasteiger partial charge on any atom is 0.267 e. The Morgan fingerprint density at radius 2 is 2.13 bits per heavy atom. The Labute approximate surface area is 134 Å². The minimum atomic E-state index is -0.619. The third-order valence-electron chi connectivity index (χ3n) is 3.10. The maximum atomic E-state index is 11.0. The summed E-state index contributed by atoms with van der Waals surface area (Å²) in [5.41, 5.74) is 3.14. The lowest BCUT2D eigenvalue weighted by molar-refractivity contribution is -0.124. The fourth-order valence-corrected chi connectivity index (χ4v) is 1.96. The van der Waals surface area contributed by atoms with E-state index in [0.29, 0.717) is 12.1 Å². The van der Waals surface area contributed by atoms with E-state index >= 15 is 0 Å².